The Balaban J connectivity index is 1.90. The summed E-state index contributed by atoms with van der Waals surface area (Å²) < 4.78 is 1.01. The molecule has 2 aromatic rings. The predicted molar refractivity (Wildman–Crippen MR) is 99.6 cm³/mol. The van der Waals surface area contributed by atoms with E-state index in [2.05, 4.69) is 26.6 Å². The minimum atomic E-state index is -0.334. The van der Waals surface area contributed by atoms with E-state index in [0.29, 0.717) is 18.5 Å². The molecule has 0 aliphatic rings. The van der Waals surface area contributed by atoms with Crippen molar-refractivity contribution < 1.29 is 9.59 Å². The number of carbonyl (C=O) groups excluding carboxylic acids is 2. The molecule has 0 atom stereocenters. The molecule has 25 heavy (non-hydrogen) atoms. The molecular formula is C19H18BrN3O2. The highest BCUT2D eigenvalue weighted by atomic mass is 79.9. The number of benzene rings is 2. The normalized spacial score (nSPS) is 9.92. The summed E-state index contributed by atoms with van der Waals surface area (Å²) in [6, 6.07) is 17.0. The maximum atomic E-state index is 12.2. The number of hydrogen-bond donors (Lipinski definition) is 2. The van der Waals surface area contributed by atoms with Gasteiger partial charge < -0.3 is 10.6 Å². The van der Waals surface area contributed by atoms with E-state index in [1.807, 2.05) is 42.5 Å². The van der Waals surface area contributed by atoms with Crippen LogP contribution in [0.2, 0.25) is 0 Å². The maximum Gasteiger partial charge on any atom is 0.234 e. The molecule has 0 aliphatic heterocycles. The number of nitrogens with one attached hydrogen (secondary N) is 2. The highest BCUT2D eigenvalue weighted by Crippen LogP contribution is 2.16. The third-order valence-corrected chi connectivity index (χ3v) is 4.09. The molecule has 0 spiro atoms. The lowest BCUT2D eigenvalue weighted by atomic mass is 10.1. The van der Waals surface area contributed by atoms with Gasteiger partial charge in [0.2, 0.25) is 11.8 Å². The van der Waals surface area contributed by atoms with E-state index in [-0.39, 0.29) is 24.8 Å². The number of para-hydroxylation sites is 1. The zero-order valence-corrected chi connectivity index (χ0v) is 15.2. The van der Waals surface area contributed by atoms with Crippen LogP contribution in [0.1, 0.15) is 24.0 Å². The van der Waals surface area contributed by atoms with Crippen LogP contribution in [0.4, 0.5) is 5.69 Å². The number of halogens is 1. The van der Waals surface area contributed by atoms with Crippen molar-refractivity contribution >= 4 is 33.4 Å². The molecule has 2 rings (SSSR count). The molecule has 6 heteroatoms. The molecule has 0 bridgehead atoms. The van der Waals surface area contributed by atoms with Crippen molar-refractivity contribution in [2.75, 3.05) is 5.32 Å². The quantitative estimate of drug-likeness (QED) is 0.746. The van der Waals surface area contributed by atoms with Gasteiger partial charge in [-0.05, 0) is 35.7 Å². The molecule has 0 radical (unpaired) electrons. The highest BCUT2D eigenvalue weighted by molar-refractivity contribution is 9.10. The van der Waals surface area contributed by atoms with Crippen molar-refractivity contribution in [1.82, 2.24) is 5.32 Å². The maximum absolute atomic E-state index is 12.2. The van der Waals surface area contributed by atoms with Gasteiger partial charge in [-0.3, -0.25) is 9.59 Å². The molecule has 5 nitrogen and oxygen atoms in total. The first-order chi connectivity index (χ1) is 12.1. The molecular weight excluding hydrogens is 382 g/mol. The first-order valence-corrected chi connectivity index (χ1v) is 8.63. The van der Waals surface area contributed by atoms with Crippen molar-refractivity contribution in [3.05, 3.63) is 64.1 Å². The Morgan fingerprint density at radius 2 is 1.76 bits per heavy atom. The first kappa shape index (κ1) is 18.7. The molecule has 0 saturated heterocycles. The monoisotopic (exact) mass is 399 g/mol. The molecule has 2 aromatic carbocycles. The van der Waals surface area contributed by atoms with E-state index in [0.717, 1.165) is 15.6 Å². The number of rotatable bonds is 7. The Morgan fingerprint density at radius 1 is 1.04 bits per heavy atom. The van der Waals surface area contributed by atoms with E-state index in [1.165, 1.54) is 0 Å². The largest absolute Gasteiger partial charge is 0.351 e. The third kappa shape index (κ3) is 6.40. The first-order valence-electron chi connectivity index (χ1n) is 7.84. The number of nitriles is 1. The Hall–Kier alpha value is -2.65. The van der Waals surface area contributed by atoms with Crippen LogP contribution < -0.4 is 10.6 Å². The van der Waals surface area contributed by atoms with Crippen LogP contribution in [0.15, 0.2) is 53.0 Å². The number of nitrogens with zero attached hydrogens (tertiary/aromatic N) is 1. The Labute approximate surface area is 155 Å². The smallest absolute Gasteiger partial charge is 0.234 e. The van der Waals surface area contributed by atoms with Gasteiger partial charge in [0, 0.05) is 23.1 Å². The second-order valence-corrected chi connectivity index (χ2v) is 6.36. The predicted octanol–water partition coefficient (Wildman–Crippen LogP) is 3.55. The number of amides is 2. The van der Waals surface area contributed by atoms with Crippen molar-refractivity contribution in [1.29, 1.82) is 5.26 Å². The van der Waals surface area contributed by atoms with E-state index < -0.39 is 0 Å². The lowest BCUT2D eigenvalue weighted by Gasteiger charge is -2.11. The van der Waals surface area contributed by atoms with Crippen LogP contribution in [-0.4, -0.2) is 11.8 Å². The van der Waals surface area contributed by atoms with Gasteiger partial charge in [-0.2, -0.15) is 5.26 Å². The number of carbonyl (C=O) groups is 2. The topological polar surface area (TPSA) is 82.0 Å². The second-order valence-electron chi connectivity index (χ2n) is 5.44. The van der Waals surface area contributed by atoms with E-state index in [1.54, 1.807) is 12.1 Å². The summed E-state index contributed by atoms with van der Waals surface area (Å²) in [5, 5.41) is 14.0. The van der Waals surface area contributed by atoms with Gasteiger partial charge in [0.25, 0.3) is 0 Å². The zero-order valence-electron chi connectivity index (χ0n) is 13.6. The summed E-state index contributed by atoms with van der Waals surface area (Å²) in [6.45, 7) is 0.268. The molecule has 0 aromatic heterocycles. The molecule has 0 saturated carbocycles. The summed E-state index contributed by atoms with van der Waals surface area (Å²) in [5.41, 5.74) is 2.56. The van der Waals surface area contributed by atoms with Crippen molar-refractivity contribution in [2.24, 2.45) is 0 Å². The van der Waals surface area contributed by atoms with Gasteiger partial charge in [0.1, 0.15) is 6.42 Å². The van der Waals surface area contributed by atoms with Crippen LogP contribution in [0, 0.1) is 11.3 Å². The average Bonchev–Trinajstić information content (AvgIpc) is 2.61. The number of aryl methyl sites for hydroxylation is 1. The fourth-order valence-corrected chi connectivity index (χ4v) is 2.51. The van der Waals surface area contributed by atoms with Gasteiger partial charge in [-0.1, -0.05) is 46.3 Å². The second kappa shape index (κ2) is 9.60. The van der Waals surface area contributed by atoms with Crippen molar-refractivity contribution in [3.63, 3.8) is 0 Å². The Kier molecular flexibility index (Phi) is 7.17. The van der Waals surface area contributed by atoms with E-state index in [9.17, 15) is 9.59 Å². The molecule has 128 valence electrons. The van der Waals surface area contributed by atoms with Crippen LogP contribution >= 0.6 is 15.9 Å². The van der Waals surface area contributed by atoms with Gasteiger partial charge in [0.15, 0.2) is 0 Å². The Morgan fingerprint density at radius 3 is 2.48 bits per heavy atom. The van der Waals surface area contributed by atoms with Crippen LogP contribution in [0.25, 0.3) is 0 Å². The Bertz CT molecular complexity index is 782. The van der Waals surface area contributed by atoms with Crippen LogP contribution in [0.3, 0.4) is 0 Å². The summed E-state index contributed by atoms with van der Waals surface area (Å²) in [6.07, 6.45) is 0.846. The zero-order chi connectivity index (χ0) is 18.1. The van der Waals surface area contributed by atoms with E-state index >= 15 is 0 Å². The van der Waals surface area contributed by atoms with Crippen LogP contribution in [-0.2, 0) is 22.6 Å². The average molecular weight is 400 g/mol. The molecule has 0 heterocycles. The summed E-state index contributed by atoms with van der Waals surface area (Å²) in [7, 11) is 0. The molecule has 2 N–H and O–H groups in total. The molecule has 2 amide bonds. The van der Waals surface area contributed by atoms with E-state index in [4.69, 9.17) is 5.26 Å². The van der Waals surface area contributed by atoms with Gasteiger partial charge >= 0.3 is 0 Å². The van der Waals surface area contributed by atoms with Crippen molar-refractivity contribution in [3.8, 4) is 6.07 Å². The molecule has 0 fully saturated rings. The standard InChI is InChI=1S/C19H18BrN3O2/c20-16-8-5-14(6-9-16)7-10-19(25)23-17-4-2-1-3-15(17)13-22-18(24)11-12-21/h1-6,8-9H,7,10-11,13H2,(H,22,24)(H,23,25). The summed E-state index contributed by atoms with van der Waals surface area (Å²) >= 11 is 3.39. The number of hydrogen-bond acceptors (Lipinski definition) is 3. The molecule has 0 aliphatic carbocycles. The summed E-state index contributed by atoms with van der Waals surface area (Å²) in [4.78, 5) is 23.6. The SMILES string of the molecule is N#CCC(=O)NCc1ccccc1NC(=O)CCc1ccc(Br)cc1. The lowest BCUT2D eigenvalue weighted by Crippen LogP contribution is -2.23. The number of anilines is 1. The summed E-state index contributed by atoms with van der Waals surface area (Å²) in [5.74, 6) is -0.419. The fourth-order valence-electron chi connectivity index (χ4n) is 2.25. The van der Waals surface area contributed by atoms with Crippen LogP contribution in [0.5, 0.6) is 0 Å². The minimum Gasteiger partial charge on any atom is -0.351 e. The fraction of sp³-hybridized carbons (Fsp3) is 0.211. The third-order valence-electron chi connectivity index (χ3n) is 3.56. The van der Waals surface area contributed by atoms with Gasteiger partial charge in [0.05, 0.1) is 6.07 Å². The van der Waals surface area contributed by atoms with Gasteiger partial charge in [-0.15, -0.1) is 0 Å². The highest BCUT2D eigenvalue weighted by Gasteiger charge is 2.08. The van der Waals surface area contributed by atoms with Crippen molar-refractivity contribution in [2.45, 2.75) is 25.8 Å². The van der Waals surface area contributed by atoms with Gasteiger partial charge in [-0.25, -0.2) is 0 Å². The minimum absolute atomic E-state index is 0.0845. The lowest BCUT2D eigenvalue weighted by molar-refractivity contribution is -0.120. The molecule has 0 unspecified atom stereocenters.